The summed E-state index contributed by atoms with van der Waals surface area (Å²) in [4.78, 5) is 0. The smallest absolute Gasteiger partial charge is 0.0260 e. The van der Waals surface area contributed by atoms with E-state index in [1.165, 1.54) is 50.5 Å². The molecule has 0 nitrogen and oxygen atoms in total. The van der Waals surface area contributed by atoms with Gasteiger partial charge in [0, 0.05) is 0 Å². The number of allylic oxidation sites excluding steroid dienone is 1. The Balaban J connectivity index is 2.01. The lowest BCUT2D eigenvalue weighted by molar-refractivity contribution is 0.611. The summed E-state index contributed by atoms with van der Waals surface area (Å²) in [6.07, 6.45) is 14.0. The van der Waals surface area contributed by atoms with Gasteiger partial charge in [0.05, 0.1) is 0 Å². The average Bonchev–Trinajstić information content (AvgIpc) is 2.34. The highest BCUT2D eigenvalue weighted by Gasteiger charge is 1.88. The van der Waals surface area contributed by atoms with E-state index in [1.54, 1.807) is 0 Å². The van der Waals surface area contributed by atoms with E-state index in [-0.39, 0.29) is 0 Å². The molecule has 1 rings (SSSR count). The van der Waals surface area contributed by atoms with Crippen molar-refractivity contribution in [2.24, 2.45) is 0 Å². The Bertz CT molecular complexity index is 271. The third kappa shape index (κ3) is 6.44. The molecule has 0 heteroatoms. The summed E-state index contributed by atoms with van der Waals surface area (Å²) in [5.74, 6) is 0. The van der Waals surface area contributed by atoms with Crippen LogP contribution in [0.2, 0.25) is 0 Å². The van der Waals surface area contributed by atoms with Gasteiger partial charge in [-0.3, -0.25) is 0 Å². The molecule has 1 aromatic rings. The van der Waals surface area contributed by atoms with E-state index in [0.29, 0.717) is 0 Å². The monoisotopic (exact) mass is 216 g/mol. The number of rotatable bonds is 8. The number of hydrogen-bond acceptors (Lipinski definition) is 0. The van der Waals surface area contributed by atoms with Crippen LogP contribution in [0.25, 0.3) is 6.08 Å². The van der Waals surface area contributed by atoms with Crippen LogP contribution in [0.15, 0.2) is 36.4 Å². The molecule has 0 aliphatic rings. The van der Waals surface area contributed by atoms with Crippen LogP contribution in [0.3, 0.4) is 0 Å². The lowest BCUT2D eigenvalue weighted by Gasteiger charge is -1.97. The third-order valence-electron chi connectivity index (χ3n) is 2.83. The molecule has 0 saturated carbocycles. The van der Waals surface area contributed by atoms with Crippen molar-refractivity contribution in [1.29, 1.82) is 0 Å². The first-order chi connectivity index (χ1) is 7.93. The minimum Gasteiger partial charge on any atom is -0.0839 e. The number of hydrogen-bond donors (Lipinski definition) is 0. The van der Waals surface area contributed by atoms with E-state index in [9.17, 15) is 0 Å². The molecule has 0 bridgehead atoms. The highest BCUT2D eigenvalue weighted by molar-refractivity contribution is 5.48. The van der Waals surface area contributed by atoms with Crippen molar-refractivity contribution in [3.8, 4) is 0 Å². The summed E-state index contributed by atoms with van der Waals surface area (Å²) >= 11 is 0. The summed E-state index contributed by atoms with van der Waals surface area (Å²) in [6.45, 7) is 2.27. The van der Waals surface area contributed by atoms with Gasteiger partial charge >= 0.3 is 0 Å². The van der Waals surface area contributed by atoms with Crippen LogP contribution in [-0.2, 0) is 0 Å². The van der Waals surface area contributed by atoms with Crippen molar-refractivity contribution in [1.82, 2.24) is 0 Å². The number of unbranched alkanes of at least 4 members (excludes halogenated alkanes) is 6. The van der Waals surface area contributed by atoms with Gasteiger partial charge in [-0.15, -0.1) is 0 Å². The fourth-order valence-corrected chi connectivity index (χ4v) is 1.83. The van der Waals surface area contributed by atoms with E-state index < -0.39 is 0 Å². The Kier molecular flexibility index (Phi) is 7.49. The first-order valence-corrected chi connectivity index (χ1v) is 6.65. The van der Waals surface area contributed by atoms with Crippen LogP contribution < -0.4 is 0 Å². The molecular formula is C16H24. The Hall–Kier alpha value is -1.04. The highest BCUT2D eigenvalue weighted by atomic mass is 13.9. The van der Waals surface area contributed by atoms with Gasteiger partial charge in [-0.1, -0.05) is 81.5 Å². The minimum atomic E-state index is 1.22. The predicted octanol–water partition coefficient (Wildman–Crippen LogP) is 5.45. The largest absolute Gasteiger partial charge is 0.0839 e. The molecule has 0 aromatic heterocycles. The van der Waals surface area contributed by atoms with Crippen molar-refractivity contribution >= 4 is 6.08 Å². The van der Waals surface area contributed by atoms with E-state index in [0.717, 1.165) is 0 Å². The molecule has 0 aliphatic carbocycles. The molecule has 0 saturated heterocycles. The Labute approximate surface area is 100 Å². The predicted molar refractivity (Wildman–Crippen MR) is 73.5 cm³/mol. The SMILES string of the molecule is CCCCCCCCC=Cc1ccccc1. The van der Waals surface area contributed by atoms with E-state index in [4.69, 9.17) is 0 Å². The highest BCUT2D eigenvalue weighted by Crippen LogP contribution is 2.08. The Morgan fingerprint density at radius 2 is 1.56 bits per heavy atom. The van der Waals surface area contributed by atoms with Crippen LogP contribution in [0, 0.1) is 0 Å². The lowest BCUT2D eigenvalue weighted by atomic mass is 10.1. The van der Waals surface area contributed by atoms with Gasteiger partial charge in [-0.05, 0) is 18.4 Å². The van der Waals surface area contributed by atoms with E-state index in [2.05, 4.69) is 49.4 Å². The summed E-state index contributed by atoms with van der Waals surface area (Å²) in [5.41, 5.74) is 1.31. The first kappa shape index (κ1) is 13.0. The summed E-state index contributed by atoms with van der Waals surface area (Å²) in [6, 6.07) is 10.5. The molecule has 0 atom stereocenters. The fraction of sp³-hybridized carbons (Fsp3) is 0.500. The summed E-state index contributed by atoms with van der Waals surface area (Å²) in [7, 11) is 0. The van der Waals surface area contributed by atoms with E-state index in [1.807, 2.05) is 0 Å². The maximum Gasteiger partial charge on any atom is -0.0260 e. The van der Waals surface area contributed by atoms with Gasteiger partial charge in [-0.25, -0.2) is 0 Å². The first-order valence-electron chi connectivity index (χ1n) is 6.65. The normalized spacial score (nSPS) is 11.1. The quantitative estimate of drug-likeness (QED) is 0.507. The second kappa shape index (κ2) is 9.21. The van der Waals surface area contributed by atoms with Crippen LogP contribution in [0.5, 0.6) is 0 Å². The zero-order valence-corrected chi connectivity index (χ0v) is 10.5. The molecule has 0 heterocycles. The van der Waals surface area contributed by atoms with Crippen LogP contribution in [0.4, 0.5) is 0 Å². The topological polar surface area (TPSA) is 0 Å². The van der Waals surface area contributed by atoms with Crippen molar-refractivity contribution in [2.45, 2.75) is 51.9 Å². The Morgan fingerprint density at radius 1 is 0.875 bits per heavy atom. The lowest BCUT2D eigenvalue weighted by Crippen LogP contribution is -1.77. The van der Waals surface area contributed by atoms with Crippen LogP contribution >= 0.6 is 0 Å². The molecule has 0 radical (unpaired) electrons. The average molecular weight is 216 g/mol. The van der Waals surface area contributed by atoms with Gasteiger partial charge in [-0.2, -0.15) is 0 Å². The maximum absolute atomic E-state index is 2.30. The molecule has 0 N–H and O–H groups in total. The summed E-state index contributed by atoms with van der Waals surface area (Å²) < 4.78 is 0. The second-order valence-electron chi connectivity index (χ2n) is 4.37. The van der Waals surface area contributed by atoms with Crippen LogP contribution in [0.1, 0.15) is 57.4 Å². The zero-order valence-electron chi connectivity index (χ0n) is 10.5. The molecule has 0 aliphatic heterocycles. The maximum atomic E-state index is 2.30. The molecular weight excluding hydrogens is 192 g/mol. The molecule has 0 unspecified atom stereocenters. The standard InChI is InChI=1S/C16H24/c1-2-3-4-5-6-7-8-10-13-16-14-11-9-12-15-16/h9-15H,2-8H2,1H3. The van der Waals surface area contributed by atoms with Gasteiger partial charge in [0.25, 0.3) is 0 Å². The molecule has 0 spiro atoms. The number of benzene rings is 1. The van der Waals surface area contributed by atoms with E-state index >= 15 is 0 Å². The molecule has 1 aromatic carbocycles. The summed E-state index contributed by atoms with van der Waals surface area (Å²) in [5, 5.41) is 0. The van der Waals surface area contributed by atoms with Crippen molar-refractivity contribution in [3.63, 3.8) is 0 Å². The molecule has 0 amide bonds. The molecule has 0 fully saturated rings. The Morgan fingerprint density at radius 3 is 2.31 bits per heavy atom. The fourth-order valence-electron chi connectivity index (χ4n) is 1.83. The van der Waals surface area contributed by atoms with Gasteiger partial charge < -0.3 is 0 Å². The van der Waals surface area contributed by atoms with Gasteiger partial charge in [0.15, 0.2) is 0 Å². The molecule has 88 valence electrons. The minimum absolute atomic E-state index is 1.22. The van der Waals surface area contributed by atoms with Crippen LogP contribution in [-0.4, -0.2) is 0 Å². The second-order valence-corrected chi connectivity index (χ2v) is 4.37. The van der Waals surface area contributed by atoms with Crippen molar-refractivity contribution in [3.05, 3.63) is 42.0 Å². The van der Waals surface area contributed by atoms with Crippen molar-refractivity contribution in [2.75, 3.05) is 0 Å². The van der Waals surface area contributed by atoms with Gasteiger partial charge in [0.2, 0.25) is 0 Å². The molecule has 16 heavy (non-hydrogen) atoms. The van der Waals surface area contributed by atoms with Crippen molar-refractivity contribution < 1.29 is 0 Å². The third-order valence-corrected chi connectivity index (χ3v) is 2.83. The zero-order chi connectivity index (χ0) is 11.5. The van der Waals surface area contributed by atoms with Gasteiger partial charge in [0.1, 0.15) is 0 Å².